The third-order valence-corrected chi connectivity index (χ3v) is 6.63. The highest BCUT2D eigenvalue weighted by atomic mass is 32.2. The zero-order chi connectivity index (χ0) is 16.0. The summed E-state index contributed by atoms with van der Waals surface area (Å²) in [6.45, 7) is 8.25. The van der Waals surface area contributed by atoms with E-state index in [0.29, 0.717) is 23.3 Å². The van der Waals surface area contributed by atoms with E-state index in [-0.39, 0.29) is 0 Å². The number of sulfonamides is 1. The van der Waals surface area contributed by atoms with Gasteiger partial charge in [-0.25, -0.2) is 13.1 Å². The van der Waals surface area contributed by atoms with Crippen LogP contribution in [-0.4, -0.2) is 46.5 Å². The van der Waals surface area contributed by atoms with Crippen molar-refractivity contribution in [3.8, 4) is 0 Å². The van der Waals surface area contributed by atoms with Crippen LogP contribution in [0.5, 0.6) is 0 Å². The molecule has 1 rings (SSSR count). The first-order valence-corrected chi connectivity index (χ1v) is 9.51. The fraction of sp³-hybridized carbons (Fsp3) is 0.714. The van der Waals surface area contributed by atoms with Gasteiger partial charge in [-0.15, -0.1) is 11.3 Å². The zero-order valence-corrected chi connectivity index (χ0v) is 15.2. The molecule has 0 spiro atoms. The van der Waals surface area contributed by atoms with Crippen molar-refractivity contribution in [1.29, 1.82) is 0 Å². The molecule has 1 aromatic heterocycles. The zero-order valence-electron chi connectivity index (χ0n) is 13.6. The second-order valence-electron chi connectivity index (χ2n) is 5.53. The number of hydrogen-bond acceptors (Lipinski definition) is 5. The number of aryl methyl sites for hydroxylation is 1. The van der Waals surface area contributed by atoms with Crippen LogP contribution < -0.4 is 10.0 Å². The van der Waals surface area contributed by atoms with E-state index in [4.69, 9.17) is 0 Å². The van der Waals surface area contributed by atoms with Gasteiger partial charge < -0.3 is 10.2 Å². The fourth-order valence-electron chi connectivity index (χ4n) is 1.82. The van der Waals surface area contributed by atoms with Crippen LogP contribution in [0, 0.1) is 6.92 Å². The topological polar surface area (TPSA) is 61.4 Å². The molecule has 2 N–H and O–H groups in total. The number of rotatable bonds is 9. The lowest BCUT2D eigenvalue weighted by Crippen LogP contribution is -2.31. The molecule has 7 heteroatoms. The summed E-state index contributed by atoms with van der Waals surface area (Å²) < 4.78 is 27.6. The van der Waals surface area contributed by atoms with Gasteiger partial charge in [-0.3, -0.25) is 0 Å². The standard InChI is InChI=1S/C14H27N3O2S2/c1-11(2)17(5)8-6-7-16-21(18,19)14-9-12(3)13(20-14)10-15-4/h9,11,15-16H,6-8,10H2,1-5H3. The predicted octanol–water partition coefficient (Wildman–Crippen LogP) is 1.78. The lowest BCUT2D eigenvalue weighted by atomic mass is 10.3. The monoisotopic (exact) mass is 333 g/mol. The number of nitrogens with one attached hydrogen (secondary N) is 2. The summed E-state index contributed by atoms with van der Waals surface area (Å²) >= 11 is 1.34. The van der Waals surface area contributed by atoms with E-state index in [0.717, 1.165) is 23.4 Å². The average Bonchev–Trinajstić information content (AvgIpc) is 2.77. The minimum absolute atomic E-state index is 0.405. The molecule has 1 aromatic rings. The second kappa shape index (κ2) is 8.24. The van der Waals surface area contributed by atoms with Crippen LogP contribution in [-0.2, 0) is 16.6 Å². The van der Waals surface area contributed by atoms with Gasteiger partial charge in [0.2, 0.25) is 10.0 Å². The smallest absolute Gasteiger partial charge is 0.250 e. The first kappa shape index (κ1) is 18.6. The molecule has 0 amide bonds. The minimum Gasteiger partial charge on any atom is -0.315 e. The Morgan fingerprint density at radius 2 is 2.05 bits per heavy atom. The van der Waals surface area contributed by atoms with Crippen LogP contribution in [0.4, 0.5) is 0 Å². The molecule has 0 aromatic carbocycles. The number of thiophene rings is 1. The number of hydrogen-bond donors (Lipinski definition) is 2. The molecule has 122 valence electrons. The Labute approximate surface area is 132 Å². The molecule has 0 saturated carbocycles. The Morgan fingerprint density at radius 3 is 2.62 bits per heavy atom. The van der Waals surface area contributed by atoms with Gasteiger partial charge in [-0.05, 0) is 59.5 Å². The maximum absolute atomic E-state index is 12.2. The van der Waals surface area contributed by atoms with E-state index in [9.17, 15) is 8.42 Å². The normalized spacial score (nSPS) is 12.5. The number of nitrogens with zero attached hydrogens (tertiary/aromatic N) is 1. The molecule has 0 aliphatic rings. The third kappa shape index (κ3) is 5.67. The Morgan fingerprint density at radius 1 is 1.38 bits per heavy atom. The van der Waals surface area contributed by atoms with Gasteiger partial charge >= 0.3 is 0 Å². The Hall–Kier alpha value is -0.470. The van der Waals surface area contributed by atoms with Crippen molar-refractivity contribution in [2.75, 3.05) is 27.2 Å². The van der Waals surface area contributed by atoms with E-state index in [1.54, 1.807) is 6.07 Å². The van der Waals surface area contributed by atoms with Crippen LogP contribution in [0.3, 0.4) is 0 Å². The molecule has 0 aliphatic carbocycles. The first-order valence-electron chi connectivity index (χ1n) is 7.21. The lowest BCUT2D eigenvalue weighted by Gasteiger charge is -2.20. The Kier molecular flexibility index (Phi) is 7.29. The summed E-state index contributed by atoms with van der Waals surface area (Å²) in [5.74, 6) is 0. The summed E-state index contributed by atoms with van der Waals surface area (Å²) in [6, 6.07) is 2.23. The molecule has 0 aliphatic heterocycles. The molecule has 0 saturated heterocycles. The first-order chi connectivity index (χ1) is 9.77. The highest BCUT2D eigenvalue weighted by Crippen LogP contribution is 2.25. The summed E-state index contributed by atoms with van der Waals surface area (Å²) in [4.78, 5) is 3.27. The highest BCUT2D eigenvalue weighted by molar-refractivity contribution is 7.91. The van der Waals surface area contributed by atoms with E-state index < -0.39 is 10.0 Å². The summed E-state index contributed by atoms with van der Waals surface area (Å²) in [7, 11) is 0.529. The molecule has 21 heavy (non-hydrogen) atoms. The molecule has 0 atom stereocenters. The van der Waals surface area contributed by atoms with Crippen LogP contribution in [0.25, 0.3) is 0 Å². The van der Waals surface area contributed by atoms with Crippen LogP contribution >= 0.6 is 11.3 Å². The van der Waals surface area contributed by atoms with Crippen molar-refractivity contribution >= 4 is 21.4 Å². The molecule has 0 unspecified atom stereocenters. The van der Waals surface area contributed by atoms with Crippen molar-refractivity contribution in [2.45, 2.75) is 44.0 Å². The molecular weight excluding hydrogens is 306 g/mol. The van der Waals surface area contributed by atoms with Crippen molar-refractivity contribution in [2.24, 2.45) is 0 Å². The Bertz CT molecular complexity index is 538. The van der Waals surface area contributed by atoms with Gasteiger partial charge in [-0.1, -0.05) is 0 Å². The fourth-order valence-corrected chi connectivity index (χ4v) is 4.54. The van der Waals surface area contributed by atoms with Gasteiger partial charge in [0.15, 0.2) is 0 Å². The van der Waals surface area contributed by atoms with E-state index in [1.165, 1.54) is 11.3 Å². The van der Waals surface area contributed by atoms with E-state index in [1.807, 2.05) is 21.0 Å². The van der Waals surface area contributed by atoms with E-state index >= 15 is 0 Å². The SMILES string of the molecule is CNCc1sc(S(=O)(=O)NCCCN(C)C(C)C)cc1C. The summed E-state index contributed by atoms with van der Waals surface area (Å²) in [6.07, 6.45) is 0.807. The van der Waals surface area contributed by atoms with Crippen LogP contribution in [0.15, 0.2) is 10.3 Å². The largest absolute Gasteiger partial charge is 0.315 e. The molecule has 0 radical (unpaired) electrons. The van der Waals surface area contributed by atoms with Gasteiger partial charge in [-0.2, -0.15) is 0 Å². The molecule has 5 nitrogen and oxygen atoms in total. The average molecular weight is 334 g/mol. The van der Waals surface area contributed by atoms with E-state index in [2.05, 4.69) is 28.8 Å². The highest BCUT2D eigenvalue weighted by Gasteiger charge is 2.18. The molecule has 0 fully saturated rings. The van der Waals surface area contributed by atoms with Crippen molar-refractivity contribution < 1.29 is 8.42 Å². The summed E-state index contributed by atoms with van der Waals surface area (Å²) in [5.41, 5.74) is 1.02. The van der Waals surface area contributed by atoms with Crippen molar-refractivity contribution in [1.82, 2.24) is 14.9 Å². The van der Waals surface area contributed by atoms with Crippen LogP contribution in [0.1, 0.15) is 30.7 Å². The van der Waals surface area contributed by atoms with Gasteiger partial charge in [0, 0.05) is 24.0 Å². The van der Waals surface area contributed by atoms with Gasteiger partial charge in [0.1, 0.15) is 4.21 Å². The van der Waals surface area contributed by atoms with Crippen molar-refractivity contribution in [3.05, 3.63) is 16.5 Å². The van der Waals surface area contributed by atoms with Gasteiger partial charge in [0.05, 0.1) is 0 Å². The maximum atomic E-state index is 12.2. The van der Waals surface area contributed by atoms with Crippen molar-refractivity contribution in [3.63, 3.8) is 0 Å². The van der Waals surface area contributed by atoms with Gasteiger partial charge in [0.25, 0.3) is 0 Å². The molecule has 1 heterocycles. The predicted molar refractivity (Wildman–Crippen MR) is 89.4 cm³/mol. The minimum atomic E-state index is -3.38. The molecular formula is C14H27N3O2S2. The van der Waals surface area contributed by atoms with Crippen LogP contribution in [0.2, 0.25) is 0 Å². The second-order valence-corrected chi connectivity index (χ2v) is 8.66. The quantitative estimate of drug-likeness (QED) is 0.676. The summed E-state index contributed by atoms with van der Waals surface area (Å²) in [5, 5.41) is 3.05. The maximum Gasteiger partial charge on any atom is 0.250 e. The molecule has 0 bridgehead atoms. The lowest BCUT2D eigenvalue weighted by molar-refractivity contribution is 0.271. The third-order valence-electron chi connectivity index (χ3n) is 3.46. The Balaban J connectivity index is 2.56.